The van der Waals surface area contributed by atoms with Crippen molar-refractivity contribution in [3.05, 3.63) is 47.0 Å². The summed E-state index contributed by atoms with van der Waals surface area (Å²) in [6.45, 7) is 1.81. The van der Waals surface area contributed by atoms with E-state index in [0.717, 1.165) is 46.3 Å². The van der Waals surface area contributed by atoms with Crippen molar-refractivity contribution < 1.29 is 13.2 Å². The quantitative estimate of drug-likeness (QED) is 0.522. The number of hydrogen-bond acceptors (Lipinski definition) is 5. The first kappa shape index (κ1) is 23.0. The molecule has 172 valence electrons. The molecule has 1 aliphatic rings. The molecule has 32 heavy (non-hydrogen) atoms. The third-order valence-electron chi connectivity index (χ3n) is 6.19. The van der Waals surface area contributed by atoms with Crippen LogP contribution in [0.3, 0.4) is 0 Å². The average molecular weight is 475 g/mol. The summed E-state index contributed by atoms with van der Waals surface area (Å²) in [5, 5.41) is 3.01. The van der Waals surface area contributed by atoms with E-state index in [-0.39, 0.29) is 11.7 Å². The van der Waals surface area contributed by atoms with Crippen LogP contribution < -0.4 is 5.73 Å². The van der Waals surface area contributed by atoms with Crippen LogP contribution in [0.2, 0.25) is 0 Å². The van der Waals surface area contributed by atoms with Crippen molar-refractivity contribution in [2.45, 2.75) is 25.2 Å². The van der Waals surface area contributed by atoms with Crippen LogP contribution in [-0.2, 0) is 10.0 Å². The minimum Gasteiger partial charge on any atom is -0.366 e. The zero-order chi connectivity index (χ0) is 22.9. The number of amides is 1. The van der Waals surface area contributed by atoms with Crippen LogP contribution in [-0.4, -0.2) is 68.0 Å². The molecule has 3 aromatic rings. The van der Waals surface area contributed by atoms with Crippen LogP contribution in [0, 0.1) is 0 Å². The number of hydrogen-bond donors (Lipinski definition) is 2. The van der Waals surface area contributed by atoms with Crippen LogP contribution in [0.1, 0.15) is 41.1 Å². The fourth-order valence-electron chi connectivity index (χ4n) is 4.51. The van der Waals surface area contributed by atoms with Gasteiger partial charge in [0.15, 0.2) is 0 Å². The van der Waals surface area contributed by atoms with Crippen LogP contribution in [0.5, 0.6) is 0 Å². The molecule has 1 saturated heterocycles. The van der Waals surface area contributed by atoms with Gasteiger partial charge in [0, 0.05) is 29.5 Å². The summed E-state index contributed by atoms with van der Waals surface area (Å²) in [6, 6.07) is 7.98. The van der Waals surface area contributed by atoms with Gasteiger partial charge in [-0.25, -0.2) is 12.7 Å². The molecular weight excluding hydrogens is 444 g/mol. The first-order valence-electron chi connectivity index (χ1n) is 10.9. The molecule has 9 heteroatoms. The summed E-state index contributed by atoms with van der Waals surface area (Å²) in [5.74, 6) is -0.0357. The third kappa shape index (κ3) is 4.76. The summed E-state index contributed by atoms with van der Waals surface area (Å²) in [6.07, 6.45) is 4.12. The molecule has 0 aliphatic carbocycles. The van der Waals surface area contributed by atoms with Crippen molar-refractivity contribution in [2.75, 3.05) is 39.5 Å². The molecule has 0 spiro atoms. The number of H-pyrrole nitrogens is 1. The summed E-state index contributed by atoms with van der Waals surface area (Å²) < 4.78 is 27.1. The molecule has 3 heterocycles. The highest BCUT2D eigenvalue weighted by Crippen LogP contribution is 2.38. The number of carbonyl (C=O) groups is 1. The van der Waals surface area contributed by atoms with Gasteiger partial charge < -0.3 is 15.6 Å². The number of nitrogens with one attached hydrogen (secondary N) is 1. The number of aromatic amines is 1. The predicted molar refractivity (Wildman–Crippen MR) is 131 cm³/mol. The Morgan fingerprint density at radius 1 is 1.28 bits per heavy atom. The number of fused-ring (bicyclic) bond motifs is 1. The van der Waals surface area contributed by atoms with Gasteiger partial charge >= 0.3 is 0 Å². The summed E-state index contributed by atoms with van der Waals surface area (Å²) >= 11 is 1.62. The average Bonchev–Trinajstić information content (AvgIpc) is 3.42. The van der Waals surface area contributed by atoms with Gasteiger partial charge in [0.25, 0.3) is 5.91 Å². The zero-order valence-corrected chi connectivity index (χ0v) is 20.1. The Hall–Kier alpha value is -2.20. The lowest BCUT2D eigenvalue weighted by molar-refractivity contribution is 0.100. The maximum atomic E-state index is 12.7. The number of sulfonamides is 1. The Labute approximate surface area is 193 Å². The monoisotopic (exact) mass is 474 g/mol. The van der Waals surface area contributed by atoms with Crippen molar-refractivity contribution in [1.82, 2.24) is 14.2 Å². The largest absolute Gasteiger partial charge is 0.366 e. The van der Waals surface area contributed by atoms with E-state index in [1.54, 1.807) is 15.6 Å². The number of primary amides is 1. The van der Waals surface area contributed by atoms with E-state index >= 15 is 0 Å². The van der Waals surface area contributed by atoms with Crippen LogP contribution in [0.15, 0.2) is 35.8 Å². The first-order valence-corrected chi connectivity index (χ1v) is 13.4. The molecule has 7 nitrogen and oxygen atoms in total. The zero-order valence-electron chi connectivity index (χ0n) is 18.5. The minimum atomic E-state index is -3.23. The Morgan fingerprint density at radius 2 is 2.03 bits per heavy atom. The van der Waals surface area contributed by atoms with E-state index < -0.39 is 15.9 Å². The number of thiophene rings is 1. The van der Waals surface area contributed by atoms with E-state index in [1.807, 2.05) is 48.8 Å². The second-order valence-corrected chi connectivity index (χ2v) is 11.7. The van der Waals surface area contributed by atoms with E-state index in [1.165, 1.54) is 0 Å². The highest BCUT2D eigenvalue weighted by molar-refractivity contribution is 7.89. The second-order valence-electron chi connectivity index (χ2n) is 8.68. The number of rotatable bonds is 8. The molecule has 0 saturated carbocycles. The number of nitrogens with zero attached hydrogens (tertiary/aromatic N) is 2. The molecular formula is C23H30N4O3S2. The predicted octanol–water partition coefficient (Wildman–Crippen LogP) is 3.46. The van der Waals surface area contributed by atoms with Gasteiger partial charge in [-0.3, -0.25) is 4.79 Å². The lowest BCUT2D eigenvalue weighted by Crippen LogP contribution is -2.39. The van der Waals surface area contributed by atoms with E-state index in [4.69, 9.17) is 5.73 Å². The molecule has 0 radical (unpaired) electrons. The standard InChI is InChI=1S/C23H30N4O3S2/c1-26(2)8-4-12-32(29,30)27-9-6-16(7-10-27)20-15-25-22-18(20)13-17(14-19(22)23(24)28)21-5-3-11-31-21/h3,5,11,13-16,25H,4,6-10,12H2,1-2H3,(H2,24,28). The molecule has 4 rings (SSSR count). The minimum absolute atomic E-state index is 0.190. The van der Waals surface area contributed by atoms with Gasteiger partial charge in [0.1, 0.15) is 0 Å². The molecule has 1 aliphatic heterocycles. The van der Waals surface area contributed by atoms with Gasteiger partial charge in [0.05, 0.1) is 16.8 Å². The molecule has 1 fully saturated rings. The topological polar surface area (TPSA) is 99.5 Å². The van der Waals surface area contributed by atoms with Crippen LogP contribution >= 0.6 is 11.3 Å². The van der Waals surface area contributed by atoms with Gasteiger partial charge in [0.2, 0.25) is 10.0 Å². The van der Waals surface area contributed by atoms with Crippen molar-refractivity contribution in [3.63, 3.8) is 0 Å². The second kappa shape index (κ2) is 9.35. The molecule has 2 aromatic heterocycles. The lowest BCUT2D eigenvalue weighted by Gasteiger charge is -2.31. The molecule has 1 aromatic carbocycles. The molecule has 1 amide bonds. The maximum absolute atomic E-state index is 12.7. The first-order chi connectivity index (χ1) is 15.3. The van der Waals surface area contributed by atoms with Gasteiger partial charge in [-0.1, -0.05) is 6.07 Å². The smallest absolute Gasteiger partial charge is 0.250 e. The van der Waals surface area contributed by atoms with Crippen molar-refractivity contribution in [3.8, 4) is 10.4 Å². The van der Waals surface area contributed by atoms with Crippen LogP contribution in [0.25, 0.3) is 21.3 Å². The highest BCUT2D eigenvalue weighted by atomic mass is 32.2. The van der Waals surface area contributed by atoms with Crippen molar-refractivity contribution >= 4 is 38.2 Å². The SMILES string of the molecule is CN(C)CCCS(=O)(=O)N1CCC(c2c[nH]c3c(C(N)=O)cc(-c4cccs4)cc23)CC1. The fraction of sp³-hybridized carbons (Fsp3) is 0.435. The Bertz CT molecular complexity index is 1190. The van der Waals surface area contributed by atoms with E-state index in [9.17, 15) is 13.2 Å². The van der Waals surface area contributed by atoms with Crippen molar-refractivity contribution in [1.29, 1.82) is 0 Å². The Morgan fingerprint density at radius 3 is 2.66 bits per heavy atom. The molecule has 0 atom stereocenters. The number of benzene rings is 1. The summed E-state index contributed by atoms with van der Waals surface area (Å²) in [5.41, 5.74) is 9.03. The molecule has 0 bridgehead atoms. The number of carbonyl (C=O) groups excluding carboxylic acids is 1. The normalized spacial score (nSPS) is 16.2. The van der Waals surface area contributed by atoms with Gasteiger partial charge in [-0.2, -0.15) is 0 Å². The fourth-order valence-corrected chi connectivity index (χ4v) is 6.74. The van der Waals surface area contributed by atoms with Gasteiger partial charge in [-0.15, -0.1) is 11.3 Å². The number of piperidine rings is 1. The number of aromatic nitrogens is 1. The van der Waals surface area contributed by atoms with E-state index in [2.05, 4.69) is 11.1 Å². The highest BCUT2D eigenvalue weighted by Gasteiger charge is 2.30. The van der Waals surface area contributed by atoms with Crippen molar-refractivity contribution in [2.24, 2.45) is 5.73 Å². The molecule has 3 N–H and O–H groups in total. The van der Waals surface area contributed by atoms with Gasteiger partial charge in [-0.05, 0) is 80.5 Å². The Balaban J connectivity index is 1.56. The third-order valence-corrected chi connectivity index (χ3v) is 9.06. The summed E-state index contributed by atoms with van der Waals surface area (Å²) in [4.78, 5) is 18.5. The lowest BCUT2D eigenvalue weighted by atomic mass is 9.89. The van der Waals surface area contributed by atoms with E-state index in [0.29, 0.717) is 25.1 Å². The molecule has 0 unspecified atom stereocenters. The Kier molecular flexibility index (Phi) is 6.71. The summed E-state index contributed by atoms with van der Waals surface area (Å²) in [7, 11) is 0.673. The number of nitrogens with two attached hydrogens (primary N) is 1. The van der Waals surface area contributed by atoms with Crippen LogP contribution in [0.4, 0.5) is 0 Å². The maximum Gasteiger partial charge on any atom is 0.250 e.